The molecular weight excluding hydrogens is 121 g/mol. The summed E-state index contributed by atoms with van der Waals surface area (Å²) in [6.45, 7) is 0.252. The summed E-state index contributed by atoms with van der Waals surface area (Å²) < 4.78 is 28.2. The average molecular weight is 127 g/mol. The fourth-order valence-corrected chi connectivity index (χ4v) is 1.15. The third-order valence-corrected chi connectivity index (χ3v) is 1.84. The second kappa shape index (κ2) is 1.64. The van der Waals surface area contributed by atoms with Crippen LogP contribution in [0.1, 0.15) is 6.42 Å². The molecule has 0 saturated carbocycles. The molecule has 7 heavy (non-hydrogen) atoms. The molecule has 0 radical (unpaired) electrons. The predicted molar refractivity (Wildman–Crippen MR) is 25.2 cm³/mol. The van der Waals surface area contributed by atoms with E-state index in [0.29, 0.717) is 0 Å². The zero-order valence-corrected chi connectivity index (χ0v) is 4.81. The van der Waals surface area contributed by atoms with Crippen LogP contribution in [0, 0.1) is 0 Å². The van der Waals surface area contributed by atoms with Gasteiger partial charge in [-0.3, -0.25) is 0 Å². The molecule has 1 unspecified atom stereocenters. The van der Waals surface area contributed by atoms with E-state index in [0.717, 1.165) is 0 Å². The second-order valence-corrected chi connectivity index (χ2v) is 2.91. The Morgan fingerprint density at radius 3 is 2.43 bits per heavy atom. The Bertz CT molecular complexity index is 67.3. The van der Waals surface area contributed by atoms with Crippen molar-refractivity contribution in [1.29, 1.82) is 0 Å². The highest BCUT2D eigenvalue weighted by Gasteiger charge is 2.41. The summed E-state index contributed by atoms with van der Waals surface area (Å²) in [5, 5.41) is 0. The molecule has 0 aromatic rings. The number of hydrogen-bond donors (Lipinski definition) is 0. The van der Waals surface area contributed by atoms with Crippen LogP contribution in [-0.2, 0) is 4.52 Å². The summed E-state index contributed by atoms with van der Waals surface area (Å²) in [5.74, 6) is 0. The first-order valence-electron chi connectivity index (χ1n) is 2.04. The Balaban J connectivity index is 2.40. The van der Waals surface area contributed by atoms with Crippen molar-refractivity contribution in [1.82, 2.24) is 0 Å². The molecule has 1 aliphatic heterocycles. The van der Waals surface area contributed by atoms with E-state index in [-0.39, 0.29) is 13.0 Å². The number of halogens is 2. The van der Waals surface area contributed by atoms with Gasteiger partial charge in [-0.05, 0) is 0 Å². The van der Waals surface area contributed by atoms with Gasteiger partial charge in [0.15, 0.2) is 8.81 Å². The van der Waals surface area contributed by atoms with Crippen LogP contribution in [0.25, 0.3) is 0 Å². The number of rotatable bonds is 0. The molecular formula is C3H6F2OP+. The first kappa shape index (κ1) is 5.39. The largest absolute Gasteiger partial charge is 0.377 e. The lowest BCUT2D eigenvalue weighted by atomic mass is 10.5. The molecule has 4 heteroatoms. The van der Waals surface area contributed by atoms with Crippen molar-refractivity contribution in [3.8, 4) is 0 Å². The molecule has 1 heterocycles. The lowest BCUT2D eigenvalue weighted by Crippen LogP contribution is -2.00. The monoisotopic (exact) mass is 127 g/mol. The van der Waals surface area contributed by atoms with Crippen LogP contribution in [-0.4, -0.2) is 12.3 Å². The van der Waals surface area contributed by atoms with Crippen molar-refractivity contribution in [3.63, 3.8) is 0 Å². The normalized spacial score (nSPS) is 31.7. The van der Waals surface area contributed by atoms with Gasteiger partial charge < -0.3 is 0 Å². The van der Waals surface area contributed by atoms with E-state index in [2.05, 4.69) is 4.52 Å². The van der Waals surface area contributed by atoms with E-state index >= 15 is 0 Å². The predicted octanol–water partition coefficient (Wildman–Crippen LogP) is 1.33. The van der Waals surface area contributed by atoms with Gasteiger partial charge in [0.1, 0.15) is 0 Å². The summed E-state index contributed by atoms with van der Waals surface area (Å²) >= 11 is 0. The zero-order chi connectivity index (χ0) is 5.33. The van der Waals surface area contributed by atoms with Crippen molar-refractivity contribution in [2.45, 2.75) is 12.1 Å². The van der Waals surface area contributed by atoms with E-state index in [1.165, 1.54) is 0 Å². The van der Waals surface area contributed by atoms with Gasteiger partial charge >= 0.3 is 5.66 Å². The Morgan fingerprint density at radius 2 is 2.29 bits per heavy atom. The highest BCUT2D eigenvalue weighted by Crippen LogP contribution is 2.44. The maximum absolute atomic E-state index is 11.9. The highest BCUT2D eigenvalue weighted by molar-refractivity contribution is 7.34. The minimum Gasteiger partial charge on any atom is -0.236 e. The summed E-state index contributed by atoms with van der Waals surface area (Å²) in [6, 6.07) is 0. The van der Waals surface area contributed by atoms with Crippen LogP contribution >= 0.6 is 8.81 Å². The summed E-state index contributed by atoms with van der Waals surface area (Å²) in [5.41, 5.74) is -2.44. The minimum absolute atomic E-state index is 0.0671. The van der Waals surface area contributed by atoms with Crippen LogP contribution in [0.3, 0.4) is 0 Å². The van der Waals surface area contributed by atoms with Crippen LogP contribution in [0.4, 0.5) is 8.78 Å². The maximum Gasteiger partial charge on any atom is 0.377 e. The summed E-state index contributed by atoms with van der Waals surface area (Å²) in [7, 11) is -1.03. The van der Waals surface area contributed by atoms with Gasteiger partial charge in [-0.2, -0.15) is 8.78 Å². The van der Waals surface area contributed by atoms with Crippen LogP contribution in [0.5, 0.6) is 0 Å². The zero-order valence-electron chi connectivity index (χ0n) is 3.66. The highest BCUT2D eigenvalue weighted by atomic mass is 31.1. The van der Waals surface area contributed by atoms with Crippen LogP contribution in [0.2, 0.25) is 0 Å². The topological polar surface area (TPSA) is 9.23 Å². The quantitative estimate of drug-likeness (QED) is 0.446. The van der Waals surface area contributed by atoms with Gasteiger partial charge in [-0.25, -0.2) is 4.52 Å². The molecule has 1 rings (SSSR count). The van der Waals surface area contributed by atoms with Gasteiger partial charge in [-0.15, -0.1) is 0 Å². The molecule has 1 nitrogen and oxygen atoms in total. The van der Waals surface area contributed by atoms with E-state index in [9.17, 15) is 8.78 Å². The maximum atomic E-state index is 11.9. The summed E-state index contributed by atoms with van der Waals surface area (Å²) in [6.07, 6.45) is -0.0671. The molecule has 0 bridgehead atoms. The van der Waals surface area contributed by atoms with E-state index in [1.807, 2.05) is 0 Å². The Kier molecular flexibility index (Phi) is 1.26. The van der Waals surface area contributed by atoms with Gasteiger partial charge in [0, 0.05) is 0 Å². The van der Waals surface area contributed by atoms with Crippen molar-refractivity contribution in [2.24, 2.45) is 0 Å². The van der Waals surface area contributed by atoms with E-state index in [1.54, 1.807) is 0 Å². The molecule has 42 valence electrons. The first-order chi connectivity index (χ1) is 3.21. The van der Waals surface area contributed by atoms with Crippen LogP contribution < -0.4 is 0 Å². The van der Waals surface area contributed by atoms with Gasteiger partial charge in [0.05, 0.1) is 13.0 Å². The number of hydrogen-bond acceptors (Lipinski definition) is 1. The Morgan fingerprint density at radius 1 is 1.57 bits per heavy atom. The van der Waals surface area contributed by atoms with Crippen molar-refractivity contribution >= 4 is 8.81 Å². The molecule has 1 fully saturated rings. The Hall–Kier alpha value is 0.250. The average Bonchev–Trinajstić information content (AvgIpc) is 1.84. The third kappa shape index (κ3) is 1.32. The van der Waals surface area contributed by atoms with E-state index < -0.39 is 14.5 Å². The SMILES string of the molecule is FC1(F)CCO[PH2+]1. The molecule has 0 aromatic heterocycles. The lowest BCUT2D eigenvalue weighted by molar-refractivity contribution is 0.102. The van der Waals surface area contributed by atoms with E-state index in [4.69, 9.17) is 0 Å². The molecule has 1 atom stereocenters. The van der Waals surface area contributed by atoms with Gasteiger partial charge in [0.2, 0.25) is 0 Å². The van der Waals surface area contributed by atoms with Gasteiger partial charge in [-0.1, -0.05) is 0 Å². The fourth-order valence-electron chi connectivity index (χ4n) is 0.435. The van der Waals surface area contributed by atoms with Crippen molar-refractivity contribution < 1.29 is 13.3 Å². The summed E-state index contributed by atoms with van der Waals surface area (Å²) in [4.78, 5) is 0. The second-order valence-electron chi connectivity index (χ2n) is 1.50. The van der Waals surface area contributed by atoms with Crippen molar-refractivity contribution in [2.75, 3.05) is 6.61 Å². The molecule has 0 spiro atoms. The van der Waals surface area contributed by atoms with Crippen molar-refractivity contribution in [3.05, 3.63) is 0 Å². The van der Waals surface area contributed by atoms with Gasteiger partial charge in [0.25, 0.3) is 0 Å². The standard InChI is InChI=1S/C3H5F2OP/c4-3(5)1-2-6-7-3/h7H,1-2H2/p+1. The number of alkyl halides is 2. The smallest absolute Gasteiger partial charge is 0.236 e. The molecule has 1 aliphatic rings. The molecule has 1 saturated heterocycles. The first-order valence-corrected chi connectivity index (χ1v) is 3.09. The lowest BCUT2D eigenvalue weighted by Gasteiger charge is -1.93. The molecule has 0 aliphatic carbocycles. The fraction of sp³-hybridized carbons (Fsp3) is 1.00. The molecule has 0 amide bonds. The van der Waals surface area contributed by atoms with Crippen LogP contribution in [0.15, 0.2) is 0 Å². The molecule has 0 N–H and O–H groups in total. The third-order valence-electron chi connectivity index (χ3n) is 0.809. The Labute approximate surface area is 41.9 Å². The molecule has 0 aromatic carbocycles. The minimum atomic E-state index is -2.44.